The number of nitrogens with two attached hydrogens (primary N) is 1. The van der Waals surface area contributed by atoms with E-state index in [-0.39, 0.29) is 16.0 Å². The van der Waals surface area contributed by atoms with Gasteiger partial charge in [0.1, 0.15) is 10.6 Å². The van der Waals surface area contributed by atoms with Gasteiger partial charge in [0.25, 0.3) is 12.3 Å². The van der Waals surface area contributed by atoms with Crippen molar-refractivity contribution in [1.29, 1.82) is 0 Å². The van der Waals surface area contributed by atoms with Gasteiger partial charge in [0.2, 0.25) is 10.0 Å². The van der Waals surface area contributed by atoms with Crippen molar-refractivity contribution in [3.63, 3.8) is 0 Å². The summed E-state index contributed by atoms with van der Waals surface area (Å²) in [4.78, 5) is 11.7. The fraction of sp³-hybridized carbons (Fsp3) is 0.583. The van der Waals surface area contributed by atoms with Crippen LogP contribution in [0.1, 0.15) is 30.3 Å². The molecule has 1 fully saturated rings. The van der Waals surface area contributed by atoms with E-state index in [2.05, 4.69) is 5.32 Å². The summed E-state index contributed by atoms with van der Waals surface area (Å²) in [6, 6.07) is 1.02. The molecule has 2 rings (SSSR count). The Morgan fingerprint density at radius 2 is 2.14 bits per heavy atom. The van der Waals surface area contributed by atoms with Crippen molar-refractivity contribution in [1.82, 2.24) is 9.88 Å². The molecule has 21 heavy (non-hydrogen) atoms. The third-order valence-electron chi connectivity index (χ3n) is 3.55. The Kier molecular flexibility index (Phi) is 4.07. The summed E-state index contributed by atoms with van der Waals surface area (Å²) >= 11 is 0. The summed E-state index contributed by atoms with van der Waals surface area (Å²) in [5, 5.41) is 7.60. The van der Waals surface area contributed by atoms with Crippen molar-refractivity contribution >= 4 is 15.9 Å². The van der Waals surface area contributed by atoms with Gasteiger partial charge in [-0.15, -0.1) is 0 Å². The number of hydrogen-bond donors (Lipinski definition) is 2. The molecule has 0 aliphatic heterocycles. The number of sulfonamides is 1. The summed E-state index contributed by atoms with van der Waals surface area (Å²) in [6.07, 6.45) is 0.231. The molecule has 0 radical (unpaired) electrons. The zero-order valence-corrected chi connectivity index (χ0v) is 12.3. The maximum absolute atomic E-state index is 12.5. The number of halogens is 2. The molecule has 1 aromatic heterocycles. The van der Waals surface area contributed by atoms with Crippen LogP contribution >= 0.6 is 0 Å². The minimum absolute atomic E-state index is 0.0541. The van der Waals surface area contributed by atoms with Crippen LogP contribution in [0.15, 0.2) is 17.2 Å². The molecule has 118 valence electrons. The molecule has 1 amide bonds. The number of nitrogens with zero attached hydrogens (tertiary/aromatic N) is 1. The number of amides is 1. The van der Waals surface area contributed by atoms with E-state index in [1.165, 1.54) is 0 Å². The minimum Gasteiger partial charge on any atom is -0.350 e. The van der Waals surface area contributed by atoms with Gasteiger partial charge in [0, 0.05) is 12.7 Å². The van der Waals surface area contributed by atoms with Crippen LogP contribution in [0, 0.1) is 5.41 Å². The first-order valence-corrected chi connectivity index (χ1v) is 7.95. The van der Waals surface area contributed by atoms with Crippen LogP contribution < -0.4 is 10.5 Å². The van der Waals surface area contributed by atoms with E-state index in [0.29, 0.717) is 6.54 Å². The molecule has 0 unspecified atom stereocenters. The molecular formula is C12H17F2N3O3S. The molecule has 1 aromatic rings. The summed E-state index contributed by atoms with van der Waals surface area (Å²) < 4.78 is 48.5. The lowest BCUT2D eigenvalue weighted by molar-refractivity contribution is 0.0923. The van der Waals surface area contributed by atoms with Gasteiger partial charge in [-0.3, -0.25) is 4.79 Å². The largest absolute Gasteiger partial charge is 0.350 e. The van der Waals surface area contributed by atoms with Crippen LogP contribution in [0.4, 0.5) is 8.78 Å². The van der Waals surface area contributed by atoms with Crippen molar-refractivity contribution in [3.05, 3.63) is 18.0 Å². The lowest BCUT2D eigenvalue weighted by Gasteiger charge is -2.12. The molecule has 1 saturated carbocycles. The standard InChI is InChI=1S/C12H17F2N3O3S/c1-12(2-3-12)7-16-11(18)9-4-8(21(15,19)20)5-17(9)6-10(13)14/h4-5,10H,2-3,6-7H2,1H3,(H,16,18)(H2,15,19,20). The molecule has 0 bridgehead atoms. The minimum atomic E-state index is -4.05. The van der Waals surface area contributed by atoms with Crippen LogP contribution in [0.5, 0.6) is 0 Å². The zero-order chi connectivity index (χ0) is 15.8. The SMILES string of the molecule is CC1(CNC(=O)c2cc(S(N)(=O)=O)cn2CC(F)F)CC1. The average Bonchev–Trinajstić information content (AvgIpc) is 2.92. The van der Waals surface area contributed by atoms with Crippen molar-refractivity contribution in [2.24, 2.45) is 10.6 Å². The Bertz CT molecular complexity index is 651. The molecule has 3 N–H and O–H groups in total. The fourth-order valence-electron chi connectivity index (χ4n) is 1.90. The maximum atomic E-state index is 12.5. The first kappa shape index (κ1) is 15.9. The number of alkyl halides is 2. The molecule has 0 saturated heterocycles. The zero-order valence-electron chi connectivity index (χ0n) is 11.5. The number of carbonyl (C=O) groups excluding carboxylic acids is 1. The first-order valence-electron chi connectivity index (χ1n) is 6.40. The number of primary sulfonamides is 1. The van der Waals surface area contributed by atoms with Gasteiger partial charge in [0.05, 0.1) is 6.54 Å². The highest BCUT2D eigenvalue weighted by Crippen LogP contribution is 2.44. The number of nitrogens with one attached hydrogen (secondary N) is 1. The third kappa shape index (κ3) is 4.01. The van der Waals surface area contributed by atoms with E-state index in [0.717, 1.165) is 29.7 Å². The predicted molar refractivity (Wildman–Crippen MR) is 71.5 cm³/mol. The second-order valence-corrected chi connectivity index (χ2v) is 7.20. The lowest BCUT2D eigenvalue weighted by atomic mass is 10.1. The predicted octanol–water partition coefficient (Wildman–Crippen LogP) is 0.930. The smallest absolute Gasteiger partial charge is 0.267 e. The monoisotopic (exact) mass is 321 g/mol. The Hall–Kier alpha value is -1.48. The van der Waals surface area contributed by atoms with E-state index < -0.39 is 28.9 Å². The van der Waals surface area contributed by atoms with Gasteiger partial charge in [-0.1, -0.05) is 6.92 Å². The number of aromatic nitrogens is 1. The van der Waals surface area contributed by atoms with Crippen LogP contribution in [0.25, 0.3) is 0 Å². The van der Waals surface area contributed by atoms with Gasteiger partial charge in [-0.2, -0.15) is 0 Å². The highest BCUT2D eigenvalue weighted by molar-refractivity contribution is 7.89. The second-order valence-electron chi connectivity index (χ2n) is 5.64. The highest BCUT2D eigenvalue weighted by Gasteiger charge is 2.37. The van der Waals surface area contributed by atoms with Crippen LogP contribution in [0.2, 0.25) is 0 Å². The van der Waals surface area contributed by atoms with Crippen molar-refractivity contribution in [2.75, 3.05) is 6.54 Å². The van der Waals surface area contributed by atoms with Crippen molar-refractivity contribution in [3.8, 4) is 0 Å². The van der Waals surface area contributed by atoms with Crippen LogP contribution in [0.3, 0.4) is 0 Å². The number of hydrogen-bond acceptors (Lipinski definition) is 3. The van der Waals surface area contributed by atoms with E-state index >= 15 is 0 Å². The number of carbonyl (C=O) groups is 1. The Balaban J connectivity index is 2.22. The van der Waals surface area contributed by atoms with Gasteiger partial charge in [0.15, 0.2) is 0 Å². The molecule has 0 aromatic carbocycles. The normalized spacial score (nSPS) is 17.0. The summed E-state index contributed by atoms with van der Waals surface area (Å²) in [7, 11) is -4.05. The molecular weight excluding hydrogens is 304 g/mol. The Labute approximate surface area is 121 Å². The van der Waals surface area contributed by atoms with Gasteiger partial charge >= 0.3 is 0 Å². The van der Waals surface area contributed by atoms with Crippen LogP contribution in [-0.2, 0) is 16.6 Å². The average molecular weight is 321 g/mol. The van der Waals surface area contributed by atoms with Gasteiger partial charge in [-0.05, 0) is 24.3 Å². The van der Waals surface area contributed by atoms with E-state index in [1.54, 1.807) is 0 Å². The molecule has 0 spiro atoms. The van der Waals surface area contributed by atoms with Gasteiger partial charge in [-0.25, -0.2) is 22.3 Å². The van der Waals surface area contributed by atoms with E-state index in [4.69, 9.17) is 5.14 Å². The Morgan fingerprint density at radius 3 is 2.62 bits per heavy atom. The topological polar surface area (TPSA) is 94.2 Å². The first-order chi connectivity index (χ1) is 9.61. The quantitative estimate of drug-likeness (QED) is 0.816. The molecule has 1 aliphatic carbocycles. The summed E-state index contributed by atoms with van der Waals surface area (Å²) in [5.74, 6) is -0.585. The summed E-state index contributed by atoms with van der Waals surface area (Å²) in [5.41, 5.74) is -0.0814. The van der Waals surface area contributed by atoms with E-state index in [9.17, 15) is 22.0 Å². The summed E-state index contributed by atoms with van der Waals surface area (Å²) in [6.45, 7) is 1.66. The maximum Gasteiger partial charge on any atom is 0.267 e. The van der Waals surface area contributed by atoms with Crippen molar-refractivity contribution in [2.45, 2.75) is 37.6 Å². The molecule has 9 heteroatoms. The van der Waals surface area contributed by atoms with Crippen LogP contribution in [-0.4, -0.2) is 31.9 Å². The molecule has 1 heterocycles. The Morgan fingerprint density at radius 1 is 1.52 bits per heavy atom. The molecule has 6 nitrogen and oxygen atoms in total. The van der Waals surface area contributed by atoms with Gasteiger partial charge < -0.3 is 9.88 Å². The second kappa shape index (κ2) is 5.38. The highest BCUT2D eigenvalue weighted by atomic mass is 32.2. The number of rotatable bonds is 6. The third-order valence-corrected chi connectivity index (χ3v) is 4.43. The molecule has 0 atom stereocenters. The lowest BCUT2D eigenvalue weighted by Crippen LogP contribution is -2.31. The van der Waals surface area contributed by atoms with E-state index in [1.807, 2.05) is 6.92 Å². The fourth-order valence-corrected chi connectivity index (χ4v) is 2.45. The van der Waals surface area contributed by atoms with Crippen molar-refractivity contribution < 1.29 is 22.0 Å². The molecule has 1 aliphatic rings.